The van der Waals surface area contributed by atoms with E-state index in [-0.39, 0.29) is 11.9 Å². The van der Waals surface area contributed by atoms with E-state index in [9.17, 15) is 9.59 Å². The van der Waals surface area contributed by atoms with Crippen LogP contribution in [0, 0.1) is 0 Å². The van der Waals surface area contributed by atoms with Crippen LogP contribution in [-0.2, 0) is 6.42 Å². The standard InChI is InChI=1S/C24H34N6O2Si/c1-29(2)23(31)20-14-18-16-26-24(28-22(18)30(20)19-9-5-6-10-19)27-21-12-11-17(15-25-21)8-7-13-33(3,4)32/h11-12,14-16,19,32H,5-10,13H2,1-4H3,(H,25,26,27,28). The molecule has 3 aromatic heterocycles. The molecule has 1 fully saturated rings. The number of nitrogens with zero attached hydrogens (tertiary/aromatic N) is 5. The molecule has 0 saturated heterocycles. The number of hydrogen-bond acceptors (Lipinski definition) is 6. The van der Waals surface area contributed by atoms with Crippen molar-refractivity contribution in [2.24, 2.45) is 0 Å². The number of amides is 1. The van der Waals surface area contributed by atoms with Crippen molar-refractivity contribution in [3.63, 3.8) is 0 Å². The van der Waals surface area contributed by atoms with Gasteiger partial charge in [0.25, 0.3) is 5.91 Å². The molecule has 1 aliphatic rings. The van der Waals surface area contributed by atoms with Gasteiger partial charge in [0.1, 0.15) is 17.2 Å². The predicted molar refractivity (Wildman–Crippen MR) is 133 cm³/mol. The van der Waals surface area contributed by atoms with E-state index < -0.39 is 8.32 Å². The van der Waals surface area contributed by atoms with Gasteiger partial charge in [-0.15, -0.1) is 0 Å². The van der Waals surface area contributed by atoms with E-state index in [1.807, 2.05) is 31.4 Å². The van der Waals surface area contributed by atoms with E-state index in [2.05, 4.69) is 25.9 Å². The lowest BCUT2D eigenvalue weighted by atomic mass is 10.2. The normalized spacial score (nSPS) is 14.7. The molecular formula is C24H34N6O2Si. The van der Waals surface area contributed by atoms with Gasteiger partial charge in [-0.1, -0.05) is 18.9 Å². The molecule has 33 heavy (non-hydrogen) atoms. The van der Waals surface area contributed by atoms with Gasteiger partial charge in [-0.25, -0.2) is 9.97 Å². The Labute approximate surface area is 196 Å². The molecule has 3 heterocycles. The van der Waals surface area contributed by atoms with Crippen LogP contribution in [0.2, 0.25) is 19.1 Å². The van der Waals surface area contributed by atoms with E-state index in [1.165, 1.54) is 12.8 Å². The Hall–Kier alpha value is -2.78. The first kappa shape index (κ1) is 23.4. The molecule has 0 aromatic carbocycles. The molecule has 2 N–H and O–H groups in total. The first-order chi connectivity index (χ1) is 15.7. The lowest BCUT2D eigenvalue weighted by molar-refractivity contribution is 0.0815. The Morgan fingerprint density at radius 1 is 1.21 bits per heavy atom. The quantitative estimate of drug-likeness (QED) is 0.474. The van der Waals surface area contributed by atoms with Crippen molar-refractivity contribution in [1.82, 2.24) is 24.4 Å². The van der Waals surface area contributed by atoms with E-state index in [0.717, 1.165) is 48.3 Å². The zero-order valence-corrected chi connectivity index (χ0v) is 21.0. The molecule has 0 bridgehead atoms. The maximum absolute atomic E-state index is 12.8. The zero-order valence-electron chi connectivity index (χ0n) is 20.0. The summed E-state index contributed by atoms with van der Waals surface area (Å²) in [6.45, 7) is 3.94. The van der Waals surface area contributed by atoms with Gasteiger partial charge < -0.3 is 19.6 Å². The van der Waals surface area contributed by atoms with Crippen LogP contribution < -0.4 is 5.32 Å². The Kier molecular flexibility index (Phi) is 6.80. The summed E-state index contributed by atoms with van der Waals surface area (Å²) in [5.41, 5.74) is 2.61. The number of anilines is 2. The average Bonchev–Trinajstić information content (AvgIpc) is 3.40. The van der Waals surface area contributed by atoms with E-state index in [0.29, 0.717) is 17.5 Å². The lowest BCUT2D eigenvalue weighted by Gasteiger charge is -2.19. The highest BCUT2D eigenvalue weighted by atomic mass is 28.4. The molecule has 1 amide bonds. The summed E-state index contributed by atoms with van der Waals surface area (Å²) in [5.74, 6) is 1.13. The maximum atomic E-state index is 12.8. The van der Waals surface area contributed by atoms with Crippen LogP contribution in [-0.4, -0.2) is 57.5 Å². The SMILES string of the molecule is CN(C)C(=O)c1cc2cnc(Nc3ccc(CCC[Si](C)(C)O)cn3)nc2n1C1CCCC1. The minimum absolute atomic E-state index is 0.0149. The van der Waals surface area contributed by atoms with Crippen LogP contribution >= 0.6 is 0 Å². The Balaban J connectivity index is 1.55. The van der Waals surface area contributed by atoms with Gasteiger partial charge in [-0.2, -0.15) is 4.98 Å². The number of hydrogen-bond donors (Lipinski definition) is 2. The molecule has 0 aliphatic heterocycles. The Morgan fingerprint density at radius 2 is 1.97 bits per heavy atom. The van der Waals surface area contributed by atoms with Crippen LogP contribution in [0.4, 0.5) is 11.8 Å². The summed E-state index contributed by atoms with van der Waals surface area (Å²) in [7, 11) is 1.56. The highest BCUT2D eigenvalue weighted by molar-refractivity contribution is 6.69. The van der Waals surface area contributed by atoms with Gasteiger partial charge in [0.2, 0.25) is 5.95 Å². The minimum Gasteiger partial charge on any atom is -0.432 e. The summed E-state index contributed by atoms with van der Waals surface area (Å²) in [6.07, 6.45) is 9.97. The molecule has 0 atom stereocenters. The van der Waals surface area contributed by atoms with Crippen molar-refractivity contribution < 1.29 is 9.59 Å². The molecule has 3 aromatic rings. The van der Waals surface area contributed by atoms with Crippen molar-refractivity contribution in [2.45, 2.75) is 63.7 Å². The van der Waals surface area contributed by atoms with Crippen molar-refractivity contribution >= 4 is 37.0 Å². The van der Waals surface area contributed by atoms with Crippen molar-refractivity contribution in [3.05, 3.63) is 41.9 Å². The third-order valence-corrected chi connectivity index (χ3v) is 7.79. The molecule has 1 aliphatic carbocycles. The summed E-state index contributed by atoms with van der Waals surface area (Å²) in [6, 6.07) is 7.06. The Morgan fingerprint density at radius 3 is 2.61 bits per heavy atom. The maximum Gasteiger partial charge on any atom is 0.270 e. The van der Waals surface area contributed by atoms with Crippen molar-refractivity contribution in [2.75, 3.05) is 19.4 Å². The van der Waals surface area contributed by atoms with E-state index in [4.69, 9.17) is 4.98 Å². The van der Waals surface area contributed by atoms with Gasteiger partial charge in [-0.3, -0.25) is 4.79 Å². The molecule has 0 spiro atoms. The van der Waals surface area contributed by atoms with E-state index >= 15 is 0 Å². The molecule has 0 unspecified atom stereocenters. The van der Waals surface area contributed by atoms with Crippen LogP contribution in [0.5, 0.6) is 0 Å². The van der Waals surface area contributed by atoms with Crippen molar-refractivity contribution in [3.8, 4) is 0 Å². The monoisotopic (exact) mass is 466 g/mol. The summed E-state index contributed by atoms with van der Waals surface area (Å²) < 4.78 is 2.11. The predicted octanol–water partition coefficient (Wildman–Crippen LogP) is 4.52. The fraction of sp³-hybridized carbons (Fsp3) is 0.500. The first-order valence-electron chi connectivity index (χ1n) is 11.8. The molecule has 0 radical (unpaired) electrons. The average molecular weight is 467 g/mol. The Bertz CT molecular complexity index is 1110. The summed E-state index contributed by atoms with van der Waals surface area (Å²) in [5, 5.41) is 4.08. The molecule has 8 nitrogen and oxygen atoms in total. The molecule has 176 valence electrons. The number of aryl methyl sites for hydroxylation is 1. The topological polar surface area (TPSA) is 96.2 Å². The van der Waals surface area contributed by atoms with Crippen LogP contribution in [0.1, 0.15) is 54.2 Å². The number of carbonyl (C=O) groups is 1. The summed E-state index contributed by atoms with van der Waals surface area (Å²) >= 11 is 0. The third-order valence-electron chi connectivity index (χ3n) is 6.21. The molecule has 9 heteroatoms. The largest absolute Gasteiger partial charge is 0.432 e. The number of carbonyl (C=O) groups excluding carboxylic acids is 1. The number of nitrogens with one attached hydrogen (secondary N) is 1. The van der Waals surface area contributed by atoms with Crippen LogP contribution in [0.15, 0.2) is 30.6 Å². The smallest absolute Gasteiger partial charge is 0.270 e. The highest BCUT2D eigenvalue weighted by Gasteiger charge is 2.26. The van der Waals surface area contributed by atoms with Gasteiger partial charge >= 0.3 is 0 Å². The summed E-state index contributed by atoms with van der Waals surface area (Å²) in [4.78, 5) is 38.2. The first-order valence-corrected chi connectivity index (χ1v) is 14.9. The van der Waals surface area contributed by atoms with Crippen LogP contribution in [0.3, 0.4) is 0 Å². The third kappa shape index (κ3) is 5.59. The number of rotatable bonds is 8. The number of aromatic nitrogens is 4. The van der Waals surface area contributed by atoms with Crippen LogP contribution in [0.25, 0.3) is 11.0 Å². The molecule has 1 saturated carbocycles. The minimum atomic E-state index is -2.00. The second kappa shape index (κ2) is 9.60. The highest BCUT2D eigenvalue weighted by Crippen LogP contribution is 2.34. The molecule has 4 rings (SSSR count). The van der Waals surface area contributed by atoms with Gasteiger partial charge in [0.15, 0.2) is 8.32 Å². The fourth-order valence-corrected chi connectivity index (χ4v) is 5.52. The fourth-order valence-electron chi connectivity index (χ4n) is 4.48. The van der Waals surface area contributed by atoms with Gasteiger partial charge in [-0.05, 0) is 62.5 Å². The number of pyridine rings is 1. The second-order valence-electron chi connectivity index (χ2n) is 9.85. The second-order valence-corrected chi connectivity index (χ2v) is 14.0. The molecular weight excluding hydrogens is 432 g/mol. The lowest BCUT2D eigenvalue weighted by Crippen LogP contribution is -2.25. The van der Waals surface area contributed by atoms with Gasteiger partial charge in [0.05, 0.1) is 0 Å². The van der Waals surface area contributed by atoms with Gasteiger partial charge in [0, 0.05) is 37.9 Å². The van der Waals surface area contributed by atoms with Crippen molar-refractivity contribution in [1.29, 1.82) is 0 Å². The van der Waals surface area contributed by atoms with E-state index in [1.54, 1.807) is 25.2 Å². The number of fused-ring (bicyclic) bond motifs is 1. The zero-order chi connectivity index (χ0) is 23.6.